The molecule has 0 bridgehead atoms. The predicted octanol–water partition coefficient (Wildman–Crippen LogP) is 1.57. The van der Waals surface area contributed by atoms with Crippen LogP contribution in [-0.4, -0.2) is 29.0 Å². The summed E-state index contributed by atoms with van der Waals surface area (Å²) in [5.74, 6) is 0.404. The van der Waals surface area contributed by atoms with Gasteiger partial charge in [-0.25, -0.2) is 0 Å². The maximum Gasteiger partial charge on any atom is 0.239 e. The summed E-state index contributed by atoms with van der Waals surface area (Å²) in [5, 5.41) is 20.4. The van der Waals surface area contributed by atoms with Crippen LogP contribution in [0.2, 0.25) is 0 Å². The summed E-state index contributed by atoms with van der Waals surface area (Å²) in [6.07, 6.45) is 5.35. The molecule has 1 N–H and O–H groups in total. The van der Waals surface area contributed by atoms with E-state index >= 15 is 0 Å². The smallest absolute Gasteiger partial charge is 0.239 e. The summed E-state index contributed by atoms with van der Waals surface area (Å²) in [5.41, 5.74) is 0. The summed E-state index contributed by atoms with van der Waals surface area (Å²) in [6.45, 7) is 0.0648. The van der Waals surface area contributed by atoms with Gasteiger partial charge < -0.3 is 9.84 Å². The molecule has 0 aromatic carbocycles. The Labute approximate surface area is 94.9 Å². The highest BCUT2D eigenvalue weighted by atomic mass is 16.6. The Morgan fingerprint density at radius 2 is 1.94 bits per heavy atom. The topological polar surface area (TPSA) is 72.6 Å². The van der Waals surface area contributed by atoms with Gasteiger partial charge in [0.05, 0.1) is 0 Å². The molecule has 0 aromatic rings. The second-order valence-corrected chi connectivity index (χ2v) is 4.94. The monoisotopic (exact) mass is 229 g/mol. The van der Waals surface area contributed by atoms with Crippen LogP contribution in [-0.2, 0) is 4.74 Å². The molecule has 2 rings (SSSR count). The summed E-state index contributed by atoms with van der Waals surface area (Å²) in [4.78, 5) is 10.7. The molecule has 1 heterocycles. The number of nitro groups is 1. The molecule has 16 heavy (non-hydrogen) atoms. The molecule has 5 nitrogen and oxygen atoms in total. The molecule has 0 unspecified atom stereocenters. The van der Waals surface area contributed by atoms with Gasteiger partial charge in [-0.2, -0.15) is 0 Å². The highest BCUT2D eigenvalue weighted by Crippen LogP contribution is 2.37. The van der Waals surface area contributed by atoms with Crippen molar-refractivity contribution in [3.8, 4) is 0 Å². The number of aliphatic hydroxyl groups excluding tert-OH is 1. The Kier molecular flexibility index (Phi) is 3.76. The van der Waals surface area contributed by atoms with Crippen LogP contribution in [0.4, 0.5) is 0 Å². The summed E-state index contributed by atoms with van der Waals surface area (Å²) in [6, 6.07) is -0.619. The third-order valence-corrected chi connectivity index (χ3v) is 3.95. The molecule has 1 saturated carbocycles. The third-order valence-electron chi connectivity index (χ3n) is 3.95. The quantitative estimate of drug-likeness (QED) is 0.576. The van der Waals surface area contributed by atoms with Crippen molar-refractivity contribution in [1.82, 2.24) is 0 Å². The summed E-state index contributed by atoms with van der Waals surface area (Å²) < 4.78 is 4.99. The van der Waals surface area contributed by atoms with Gasteiger partial charge >= 0.3 is 0 Å². The number of hydrogen-bond donors (Lipinski definition) is 1. The van der Waals surface area contributed by atoms with E-state index in [4.69, 9.17) is 4.74 Å². The van der Waals surface area contributed by atoms with Gasteiger partial charge in [0.15, 0.2) is 6.29 Å². The minimum absolute atomic E-state index is 0.000880. The SMILES string of the molecule is O=[N+]([O-])[C@@H]1CO[C@H](O)C[C@H]1C1CCCCC1. The lowest BCUT2D eigenvalue weighted by Crippen LogP contribution is -2.45. The first kappa shape index (κ1) is 11.8. The number of rotatable bonds is 2. The van der Waals surface area contributed by atoms with E-state index in [9.17, 15) is 15.2 Å². The molecule has 3 atom stereocenters. The van der Waals surface area contributed by atoms with Gasteiger partial charge in [0.1, 0.15) is 6.61 Å². The summed E-state index contributed by atoms with van der Waals surface area (Å²) >= 11 is 0. The molecule has 1 aliphatic heterocycles. The van der Waals surface area contributed by atoms with E-state index in [0.717, 1.165) is 12.8 Å². The zero-order valence-corrected chi connectivity index (χ0v) is 9.38. The van der Waals surface area contributed by atoms with Crippen LogP contribution < -0.4 is 0 Å². The fourth-order valence-corrected chi connectivity index (χ4v) is 3.08. The minimum Gasteiger partial charge on any atom is -0.368 e. The molecule has 0 spiro atoms. The summed E-state index contributed by atoms with van der Waals surface area (Å²) in [7, 11) is 0. The number of aliphatic hydroxyl groups is 1. The first-order valence-electron chi connectivity index (χ1n) is 6.11. The Hall–Kier alpha value is -0.680. The zero-order chi connectivity index (χ0) is 11.5. The second kappa shape index (κ2) is 5.10. The van der Waals surface area contributed by atoms with Gasteiger partial charge in [-0.1, -0.05) is 19.3 Å². The largest absolute Gasteiger partial charge is 0.368 e. The van der Waals surface area contributed by atoms with Gasteiger partial charge in [-0.15, -0.1) is 0 Å². The van der Waals surface area contributed by atoms with Crippen LogP contribution in [0.25, 0.3) is 0 Å². The first-order chi connectivity index (χ1) is 7.68. The van der Waals surface area contributed by atoms with Crippen LogP contribution in [0, 0.1) is 22.0 Å². The van der Waals surface area contributed by atoms with Crippen molar-refractivity contribution in [1.29, 1.82) is 0 Å². The van der Waals surface area contributed by atoms with Crippen molar-refractivity contribution in [2.75, 3.05) is 6.61 Å². The second-order valence-electron chi connectivity index (χ2n) is 4.94. The molecule has 1 aliphatic carbocycles. The van der Waals surface area contributed by atoms with E-state index in [-0.39, 0.29) is 17.4 Å². The minimum atomic E-state index is -0.803. The Bertz CT molecular complexity index is 252. The molecular weight excluding hydrogens is 210 g/mol. The predicted molar refractivity (Wildman–Crippen MR) is 57.4 cm³/mol. The number of ether oxygens (including phenoxy) is 1. The average Bonchev–Trinajstić information content (AvgIpc) is 2.29. The Morgan fingerprint density at radius 3 is 2.56 bits per heavy atom. The van der Waals surface area contributed by atoms with E-state index < -0.39 is 12.3 Å². The van der Waals surface area contributed by atoms with Gasteiger partial charge in [0, 0.05) is 17.3 Å². The molecule has 2 fully saturated rings. The molecule has 0 amide bonds. The first-order valence-corrected chi connectivity index (χ1v) is 6.11. The fraction of sp³-hybridized carbons (Fsp3) is 1.00. The van der Waals surface area contributed by atoms with Crippen LogP contribution in [0.1, 0.15) is 38.5 Å². The maximum absolute atomic E-state index is 11.0. The van der Waals surface area contributed by atoms with Crippen LogP contribution in [0.3, 0.4) is 0 Å². The van der Waals surface area contributed by atoms with E-state index in [2.05, 4.69) is 0 Å². The molecule has 1 saturated heterocycles. The maximum atomic E-state index is 11.0. The van der Waals surface area contributed by atoms with Crippen LogP contribution >= 0.6 is 0 Å². The van der Waals surface area contributed by atoms with Crippen molar-refractivity contribution in [3.05, 3.63) is 10.1 Å². The van der Waals surface area contributed by atoms with Crippen molar-refractivity contribution < 1.29 is 14.8 Å². The Morgan fingerprint density at radius 1 is 1.25 bits per heavy atom. The van der Waals surface area contributed by atoms with E-state index in [0.29, 0.717) is 12.3 Å². The molecule has 2 aliphatic rings. The third kappa shape index (κ3) is 2.52. The fourth-order valence-electron chi connectivity index (χ4n) is 3.08. The highest BCUT2D eigenvalue weighted by Gasteiger charge is 2.42. The van der Waals surface area contributed by atoms with Crippen molar-refractivity contribution >= 4 is 0 Å². The van der Waals surface area contributed by atoms with Gasteiger partial charge in [0.2, 0.25) is 6.04 Å². The van der Waals surface area contributed by atoms with Crippen molar-refractivity contribution in [2.45, 2.75) is 50.9 Å². The zero-order valence-electron chi connectivity index (χ0n) is 9.38. The number of nitrogens with zero attached hydrogens (tertiary/aromatic N) is 1. The normalized spacial score (nSPS) is 37.2. The van der Waals surface area contributed by atoms with Crippen molar-refractivity contribution in [2.24, 2.45) is 11.8 Å². The van der Waals surface area contributed by atoms with Crippen molar-refractivity contribution in [3.63, 3.8) is 0 Å². The van der Waals surface area contributed by atoms with E-state index in [1.165, 1.54) is 19.3 Å². The van der Waals surface area contributed by atoms with E-state index in [1.54, 1.807) is 0 Å². The highest BCUT2D eigenvalue weighted by molar-refractivity contribution is 4.83. The lowest BCUT2D eigenvalue weighted by Gasteiger charge is -2.36. The standard InChI is InChI=1S/C11H19NO4/c13-11-6-9(8-4-2-1-3-5-8)10(7-16-11)12(14)15/h8-11,13H,1-7H2/t9-,10+,11-/m0/s1. The van der Waals surface area contributed by atoms with Gasteiger partial charge in [0.25, 0.3) is 0 Å². The molecule has 92 valence electrons. The molecule has 0 aromatic heterocycles. The van der Waals surface area contributed by atoms with E-state index in [1.807, 2.05) is 0 Å². The molecule has 5 heteroatoms. The molecular formula is C11H19NO4. The number of hydrogen-bond acceptors (Lipinski definition) is 4. The van der Waals surface area contributed by atoms with Crippen LogP contribution in [0.5, 0.6) is 0 Å². The lowest BCUT2D eigenvalue weighted by atomic mass is 9.74. The van der Waals surface area contributed by atoms with Gasteiger partial charge in [-0.05, 0) is 18.8 Å². The molecule has 0 radical (unpaired) electrons. The van der Waals surface area contributed by atoms with Gasteiger partial charge in [-0.3, -0.25) is 10.1 Å². The average molecular weight is 229 g/mol. The Balaban J connectivity index is 2.03. The van der Waals surface area contributed by atoms with Crippen LogP contribution in [0.15, 0.2) is 0 Å². The lowest BCUT2D eigenvalue weighted by molar-refractivity contribution is -0.547.